The maximum atomic E-state index is 8.79. The van der Waals surface area contributed by atoms with Crippen molar-refractivity contribution in [1.29, 1.82) is 5.26 Å². The number of nitrogens with one attached hydrogen (secondary N) is 1. The summed E-state index contributed by atoms with van der Waals surface area (Å²) in [7, 11) is 0. The lowest BCUT2D eigenvalue weighted by atomic mass is 10.1. The fourth-order valence-corrected chi connectivity index (χ4v) is 2.17. The average Bonchev–Trinajstić information content (AvgIpc) is 2.69. The summed E-state index contributed by atoms with van der Waals surface area (Å²) in [6, 6.07) is 16.5. The van der Waals surface area contributed by atoms with Gasteiger partial charge in [-0.3, -0.25) is 0 Å². The van der Waals surface area contributed by atoms with Crippen molar-refractivity contribution in [3.05, 3.63) is 48.0 Å². The molecule has 1 heterocycles. The predicted molar refractivity (Wildman–Crippen MR) is 65.1 cm³/mol. The van der Waals surface area contributed by atoms with Gasteiger partial charge in [-0.25, -0.2) is 0 Å². The maximum Gasteiger partial charge on any atom is 0.0670 e. The molecule has 1 aromatic heterocycles. The number of para-hydroxylation sites is 2. The number of nitriles is 1. The molecule has 0 fully saturated rings. The predicted octanol–water partition coefficient (Wildman–Crippen LogP) is 3.39. The molecule has 0 aliphatic rings. The number of aromatic nitrogens is 1. The van der Waals surface area contributed by atoms with Gasteiger partial charge in [-0.05, 0) is 11.6 Å². The Labute approximate surface area is 93.1 Å². The van der Waals surface area contributed by atoms with Crippen molar-refractivity contribution in [2.45, 2.75) is 6.42 Å². The molecule has 0 aliphatic heterocycles. The van der Waals surface area contributed by atoms with E-state index < -0.39 is 0 Å². The third kappa shape index (κ3) is 1.19. The van der Waals surface area contributed by atoms with Gasteiger partial charge in [0.15, 0.2) is 0 Å². The molecular formula is C14H10N2. The topological polar surface area (TPSA) is 39.6 Å². The van der Waals surface area contributed by atoms with E-state index in [1.165, 1.54) is 10.8 Å². The Bertz CT molecular complexity index is 701. The fourth-order valence-electron chi connectivity index (χ4n) is 2.17. The molecule has 76 valence electrons. The van der Waals surface area contributed by atoms with Gasteiger partial charge in [-0.15, -0.1) is 0 Å². The number of aromatic amines is 1. The molecule has 0 unspecified atom stereocenters. The first-order chi connectivity index (χ1) is 7.90. The van der Waals surface area contributed by atoms with Crippen LogP contribution in [0.25, 0.3) is 21.8 Å². The summed E-state index contributed by atoms with van der Waals surface area (Å²) in [5.41, 5.74) is 3.28. The number of rotatable bonds is 1. The molecular weight excluding hydrogens is 196 g/mol. The number of hydrogen-bond donors (Lipinski definition) is 1. The highest BCUT2D eigenvalue weighted by Gasteiger charge is 2.06. The zero-order valence-corrected chi connectivity index (χ0v) is 8.70. The van der Waals surface area contributed by atoms with Gasteiger partial charge in [0.25, 0.3) is 0 Å². The maximum absolute atomic E-state index is 8.79. The highest BCUT2D eigenvalue weighted by molar-refractivity contribution is 6.08. The average molecular weight is 206 g/mol. The Morgan fingerprint density at radius 2 is 1.81 bits per heavy atom. The highest BCUT2D eigenvalue weighted by Crippen LogP contribution is 2.27. The van der Waals surface area contributed by atoms with Crippen molar-refractivity contribution in [2.24, 2.45) is 0 Å². The van der Waals surface area contributed by atoms with Gasteiger partial charge in [0, 0.05) is 16.3 Å². The van der Waals surface area contributed by atoms with Crippen LogP contribution in [0.15, 0.2) is 42.5 Å². The van der Waals surface area contributed by atoms with Crippen molar-refractivity contribution in [3.8, 4) is 6.07 Å². The van der Waals surface area contributed by atoms with E-state index in [9.17, 15) is 0 Å². The van der Waals surface area contributed by atoms with E-state index >= 15 is 0 Å². The molecule has 2 nitrogen and oxygen atoms in total. The van der Waals surface area contributed by atoms with Gasteiger partial charge in [-0.2, -0.15) is 5.26 Å². The lowest BCUT2D eigenvalue weighted by molar-refractivity contribution is 1.27. The normalized spacial score (nSPS) is 10.7. The van der Waals surface area contributed by atoms with Gasteiger partial charge in [0.2, 0.25) is 0 Å². The Balaban J connectivity index is 2.45. The van der Waals surface area contributed by atoms with Gasteiger partial charge < -0.3 is 4.98 Å². The summed E-state index contributed by atoms with van der Waals surface area (Å²) in [5, 5.41) is 11.2. The molecule has 2 aromatic carbocycles. The Morgan fingerprint density at radius 1 is 1.00 bits per heavy atom. The van der Waals surface area contributed by atoms with Crippen LogP contribution in [0.2, 0.25) is 0 Å². The van der Waals surface area contributed by atoms with Crippen LogP contribution in [0.4, 0.5) is 0 Å². The van der Waals surface area contributed by atoms with E-state index in [1.807, 2.05) is 24.3 Å². The summed E-state index contributed by atoms with van der Waals surface area (Å²) in [4.78, 5) is 3.38. The minimum Gasteiger partial charge on any atom is -0.354 e. The van der Waals surface area contributed by atoms with Crippen molar-refractivity contribution in [1.82, 2.24) is 4.98 Å². The molecule has 0 atom stereocenters. The number of H-pyrrole nitrogens is 1. The quantitative estimate of drug-likeness (QED) is 0.651. The molecule has 16 heavy (non-hydrogen) atoms. The minimum atomic E-state index is 0.449. The molecule has 0 spiro atoms. The Hall–Kier alpha value is -2.27. The molecule has 0 saturated carbocycles. The first-order valence-electron chi connectivity index (χ1n) is 5.25. The lowest BCUT2D eigenvalue weighted by Crippen LogP contribution is -1.82. The molecule has 0 bridgehead atoms. The lowest BCUT2D eigenvalue weighted by Gasteiger charge is -1.96. The molecule has 3 aromatic rings. The van der Waals surface area contributed by atoms with Crippen molar-refractivity contribution >= 4 is 21.8 Å². The van der Waals surface area contributed by atoms with E-state index in [4.69, 9.17) is 5.26 Å². The van der Waals surface area contributed by atoms with E-state index in [-0.39, 0.29) is 0 Å². The Morgan fingerprint density at radius 3 is 2.69 bits per heavy atom. The van der Waals surface area contributed by atoms with E-state index in [0.717, 1.165) is 16.6 Å². The molecule has 0 amide bonds. The molecule has 2 heteroatoms. The first-order valence-corrected chi connectivity index (χ1v) is 5.25. The monoisotopic (exact) mass is 206 g/mol. The van der Waals surface area contributed by atoms with Crippen molar-refractivity contribution < 1.29 is 0 Å². The molecule has 0 saturated heterocycles. The smallest absolute Gasteiger partial charge is 0.0670 e. The van der Waals surface area contributed by atoms with Gasteiger partial charge >= 0.3 is 0 Å². The van der Waals surface area contributed by atoms with Gasteiger partial charge in [0.1, 0.15) is 0 Å². The molecule has 0 aliphatic carbocycles. The Kier molecular flexibility index (Phi) is 1.91. The van der Waals surface area contributed by atoms with Crippen LogP contribution in [0.1, 0.15) is 5.56 Å². The third-order valence-corrected chi connectivity index (χ3v) is 2.90. The number of nitrogens with zero attached hydrogens (tertiary/aromatic N) is 1. The van der Waals surface area contributed by atoms with Crippen molar-refractivity contribution in [2.75, 3.05) is 0 Å². The SMILES string of the molecule is N#CCc1cccc2c1[nH]c1ccccc12. The number of fused-ring (bicyclic) bond motifs is 3. The van der Waals surface area contributed by atoms with Crippen molar-refractivity contribution in [3.63, 3.8) is 0 Å². The molecule has 3 rings (SSSR count). The van der Waals surface area contributed by atoms with Gasteiger partial charge in [-0.1, -0.05) is 36.4 Å². The van der Waals surface area contributed by atoms with E-state index in [1.54, 1.807) is 0 Å². The van der Waals surface area contributed by atoms with E-state index in [2.05, 4.69) is 29.3 Å². The first kappa shape index (κ1) is 8.99. The van der Waals surface area contributed by atoms with E-state index in [0.29, 0.717) is 6.42 Å². The zero-order chi connectivity index (χ0) is 11.0. The van der Waals surface area contributed by atoms with Crippen LogP contribution < -0.4 is 0 Å². The van der Waals surface area contributed by atoms with Crippen LogP contribution in [0.5, 0.6) is 0 Å². The van der Waals surface area contributed by atoms with Crippen LogP contribution >= 0.6 is 0 Å². The third-order valence-electron chi connectivity index (χ3n) is 2.90. The molecule has 1 N–H and O–H groups in total. The minimum absolute atomic E-state index is 0.449. The zero-order valence-electron chi connectivity index (χ0n) is 8.70. The number of benzene rings is 2. The molecule has 0 radical (unpaired) electrons. The van der Waals surface area contributed by atoms with Crippen LogP contribution in [-0.4, -0.2) is 4.98 Å². The summed E-state index contributed by atoms with van der Waals surface area (Å²) in [5.74, 6) is 0. The second kappa shape index (κ2) is 3.39. The summed E-state index contributed by atoms with van der Waals surface area (Å²) >= 11 is 0. The highest BCUT2D eigenvalue weighted by atomic mass is 14.7. The second-order valence-corrected chi connectivity index (χ2v) is 3.85. The van der Waals surface area contributed by atoms with Gasteiger partial charge in [0.05, 0.1) is 18.0 Å². The van der Waals surface area contributed by atoms with Crippen LogP contribution in [0.3, 0.4) is 0 Å². The van der Waals surface area contributed by atoms with Crippen LogP contribution in [0, 0.1) is 11.3 Å². The van der Waals surface area contributed by atoms with Crippen LogP contribution in [-0.2, 0) is 6.42 Å². The second-order valence-electron chi connectivity index (χ2n) is 3.85. The largest absolute Gasteiger partial charge is 0.354 e. The summed E-state index contributed by atoms with van der Waals surface area (Å²) < 4.78 is 0. The number of hydrogen-bond acceptors (Lipinski definition) is 1. The summed E-state index contributed by atoms with van der Waals surface area (Å²) in [6.07, 6.45) is 0.449. The fraction of sp³-hybridized carbons (Fsp3) is 0.0714. The summed E-state index contributed by atoms with van der Waals surface area (Å²) in [6.45, 7) is 0. The standard InChI is InChI=1S/C14H10N2/c15-9-8-10-4-3-6-12-11-5-1-2-7-13(11)16-14(10)12/h1-7,16H,8H2.